The Hall–Kier alpha value is -1.89. The van der Waals surface area contributed by atoms with Crippen molar-refractivity contribution in [2.45, 2.75) is 19.3 Å². The van der Waals surface area contributed by atoms with Gasteiger partial charge in [-0.2, -0.15) is 0 Å². The smallest absolute Gasteiger partial charge is 0.313 e. The van der Waals surface area contributed by atoms with E-state index in [-0.39, 0.29) is 18.0 Å². The van der Waals surface area contributed by atoms with E-state index in [0.29, 0.717) is 31.1 Å². The van der Waals surface area contributed by atoms with Gasteiger partial charge in [-0.15, -0.1) is 0 Å². The minimum Gasteiger partial charge on any atom is -0.490 e. The van der Waals surface area contributed by atoms with Gasteiger partial charge in [0.15, 0.2) is 11.6 Å². The molecule has 1 fully saturated rings. The quantitative estimate of drug-likeness (QED) is 0.667. The second kappa shape index (κ2) is 6.71. The molecule has 21 heavy (non-hydrogen) atoms. The summed E-state index contributed by atoms with van der Waals surface area (Å²) in [5.41, 5.74) is -0.0530. The van der Waals surface area contributed by atoms with Crippen molar-refractivity contribution < 1.29 is 19.2 Å². The van der Waals surface area contributed by atoms with E-state index in [1.165, 1.54) is 13.2 Å². The number of hydrogen-bond donors (Lipinski definition) is 1. The van der Waals surface area contributed by atoms with Crippen molar-refractivity contribution in [2.24, 2.45) is 5.92 Å². The fourth-order valence-electron chi connectivity index (χ4n) is 2.78. The number of anilines is 1. The first kappa shape index (κ1) is 15.5. The molecule has 0 spiro atoms. The van der Waals surface area contributed by atoms with Gasteiger partial charge in [0.25, 0.3) is 0 Å². The van der Waals surface area contributed by atoms with Gasteiger partial charge < -0.3 is 14.7 Å². The first-order valence-corrected chi connectivity index (χ1v) is 6.94. The maximum Gasteiger partial charge on any atom is 0.313 e. The molecule has 7 heteroatoms. The van der Waals surface area contributed by atoms with Crippen LogP contribution in [0.3, 0.4) is 0 Å². The van der Waals surface area contributed by atoms with E-state index in [2.05, 4.69) is 0 Å². The zero-order valence-electron chi connectivity index (χ0n) is 11.9. The number of nitrogens with zero attached hydrogens (tertiary/aromatic N) is 2. The van der Waals surface area contributed by atoms with E-state index in [9.17, 15) is 14.5 Å². The summed E-state index contributed by atoms with van der Waals surface area (Å²) in [7, 11) is 1.33. The van der Waals surface area contributed by atoms with E-state index in [0.717, 1.165) is 18.9 Å². The molecule has 1 aromatic rings. The topological polar surface area (TPSA) is 75.8 Å². The number of halogens is 1. The molecule has 1 atom stereocenters. The summed E-state index contributed by atoms with van der Waals surface area (Å²) in [4.78, 5) is 12.1. The second-order valence-electron chi connectivity index (χ2n) is 5.20. The average Bonchev–Trinajstić information content (AvgIpc) is 2.47. The summed E-state index contributed by atoms with van der Waals surface area (Å²) in [5.74, 6) is -0.253. The highest BCUT2D eigenvalue weighted by atomic mass is 19.1. The van der Waals surface area contributed by atoms with Crippen LogP contribution in [0.4, 0.5) is 15.8 Å². The highest BCUT2D eigenvalue weighted by Crippen LogP contribution is 2.35. The van der Waals surface area contributed by atoms with Gasteiger partial charge in [-0.3, -0.25) is 10.1 Å². The summed E-state index contributed by atoms with van der Waals surface area (Å²) in [6.07, 6.45) is 2.59. The van der Waals surface area contributed by atoms with Gasteiger partial charge in [0.2, 0.25) is 0 Å². The number of nitro groups is 1. The summed E-state index contributed by atoms with van der Waals surface area (Å²) < 4.78 is 19.2. The van der Waals surface area contributed by atoms with E-state index in [1.54, 1.807) is 0 Å². The lowest BCUT2D eigenvalue weighted by atomic mass is 9.94. The van der Waals surface area contributed by atoms with Gasteiger partial charge in [0, 0.05) is 25.8 Å². The fourth-order valence-corrected chi connectivity index (χ4v) is 2.78. The summed E-state index contributed by atoms with van der Waals surface area (Å²) in [5, 5.41) is 19.9. The molecule has 1 aliphatic rings. The molecule has 1 N–H and O–H groups in total. The molecular weight excluding hydrogens is 279 g/mol. The predicted octanol–water partition coefficient (Wildman–Crippen LogP) is 2.34. The molecular formula is C14H19FN2O4. The molecule has 0 amide bonds. The SMILES string of the molecule is COc1cc(N2CCCC(CCO)C2)c(F)cc1[N+](=O)[O-]. The molecule has 6 nitrogen and oxygen atoms in total. The van der Waals surface area contributed by atoms with Gasteiger partial charge >= 0.3 is 5.69 Å². The Labute approximate surface area is 122 Å². The third-order valence-electron chi connectivity index (χ3n) is 3.84. The first-order valence-electron chi connectivity index (χ1n) is 6.94. The van der Waals surface area contributed by atoms with Crippen molar-refractivity contribution in [2.75, 3.05) is 31.7 Å². The molecule has 1 unspecified atom stereocenters. The second-order valence-corrected chi connectivity index (χ2v) is 5.20. The van der Waals surface area contributed by atoms with Crippen molar-refractivity contribution in [3.8, 4) is 5.75 Å². The van der Waals surface area contributed by atoms with Crippen molar-refractivity contribution in [1.29, 1.82) is 0 Å². The number of aliphatic hydroxyl groups excluding tert-OH is 1. The Morgan fingerprint density at radius 1 is 1.57 bits per heavy atom. The summed E-state index contributed by atoms with van der Waals surface area (Å²) in [6, 6.07) is 2.29. The van der Waals surface area contributed by atoms with E-state index in [4.69, 9.17) is 9.84 Å². The molecule has 1 aliphatic heterocycles. The van der Waals surface area contributed by atoms with Crippen molar-refractivity contribution in [3.05, 3.63) is 28.1 Å². The maximum absolute atomic E-state index is 14.2. The lowest BCUT2D eigenvalue weighted by Gasteiger charge is -2.34. The number of ether oxygens (including phenoxy) is 1. The van der Waals surface area contributed by atoms with E-state index in [1.807, 2.05) is 4.90 Å². The van der Waals surface area contributed by atoms with Crippen LogP contribution in [-0.2, 0) is 0 Å². The predicted molar refractivity (Wildman–Crippen MR) is 76.2 cm³/mol. The molecule has 0 radical (unpaired) electrons. The maximum atomic E-state index is 14.2. The Morgan fingerprint density at radius 3 is 2.95 bits per heavy atom. The van der Waals surface area contributed by atoms with Crippen LogP contribution in [0.2, 0.25) is 0 Å². The average molecular weight is 298 g/mol. The lowest BCUT2D eigenvalue weighted by Crippen LogP contribution is -2.36. The highest BCUT2D eigenvalue weighted by Gasteiger charge is 2.25. The number of benzene rings is 1. The van der Waals surface area contributed by atoms with Crippen LogP contribution in [0.15, 0.2) is 12.1 Å². The summed E-state index contributed by atoms with van der Waals surface area (Å²) >= 11 is 0. The van der Waals surface area contributed by atoms with Crippen molar-refractivity contribution in [1.82, 2.24) is 0 Å². The third-order valence-corrected chi connectivity index (χ3v) is 3.84. The Morgan fingerprint density at radius 2 is 2.33 bits per heavy atom. The third kappa shape index (κ3) is 3.41. The van der Waals surface area contributed by atoms with Gasteiger partial charge in [-0.25, -0.2) is 4.39 Å². The van der Waals surface area contributed by atoms with E-state index >= 15 is 0 Å². The number of aliphatic hydroxyl groups is 1. The van der Waals surface area contributed by atoms with Crippen LogP contribution < -0.4 is 9.64 Å². The molecule has 2 rings (SSSR count). The highest BCUT2D eigenvalue weighted by molar-refractivity contribution is 5.60. The standard InChI is InChI=1S/C14H19FN2O4/c1-21-14-8-12(11(15)7-13(14)17(19)20)16-5-2-3-10(9-16)4-6-18/h7-8,10,18H,2-6,9H2,1H3. The van der Waals surface area contributed by atoms with Gasteiger partial charge in [0.1, 0.15) is 0 Å². The van der Waals surface area contributed by atoms with Crippen molar-refractivity contribution in [3.63, 3.8) is 0 Å². The molecule has 0 aliphatic carbocycles. The van der Waals surface area contributed by atoms with Gasteiger partial charge in [-0.1, -0.05) is 0 Å². The number of methoxy groups -OCH3 is 1. The molecule has 0 saturated carbocycles. The van der Waals surface area contributed by atoms with Crippen LogP contribution in [0, 0.1) is 21.8 Å². The monoisotopic (exact) mass is 298 g/mol. The zero-order chi connectivity index (χ0) is 15.4. The largest absolute Gasteiger partial charge is 0.490 e. The van der Waals surface area contributed by atoms with Crippen LogP contribution >= 0.6 is 0 Å². The fraction of sp³-hybridized carbons (Fsp3) is 0.571. The number of piperidine rings is 1. The van der Waals surface area contributed by atoms with Crippen LogP contribution in [0.1, 0.15) is 19.3 Å². The van der Waals surface area contributed by atoms with Crippen molar-refractivity contribution >= 4 is 11.4 Å². The first-order chi connectivity index (χ1) is 10.1. The molecule has 1 saturated heterocycles. The van der Waals surface area contributed by atoms with Gasteiger partial charge in [-0.05, 0) is 25.2 Å². The normalized spacial score (nSPS) is 18.6. The summed E-state index contributed by atoms with van der Waals surface area (Å²) in [6.45, 7) is 1.45. The molecule has 1 heterocycles. The number of rotatable bonds is 5. The van der Waals surface area contributed by atoms with Gasteiger partial charge in [0.05, 0.1) is 23.8 Å². The zero-order valence-corrected chi connectivity index (χ0v) is 11.9. The minimum absolute atomic E-state index is 0.0562. The Balaban J connectivity index is 2.28. The number of hydrogen-bond acceptors (Lipinski definition) is 5. The van der Waals surface area contributed by atoms with Crippen LogP contribution in [-0.4, -0.2) is 36.8 Å². The molecule has 0 bridgehead atoms. The molecule has 0 aromatic heterocycles. The minimum atomic E-state index is -0.656. The molecule has 1 aromatic carbocycles. The van der Waals surface area contributed by atoms with Crippen LogP contribution in [0.25, 0.3) is 0 Å². The Kier molecular flexibility index (Phi) is 4.95. The Bertz CT molecular complexity index is 522. The lowest BCUT2D eigenvalue weighted by molar-refractivity contribution is -0.385. The van der Waals surface area contributed by atoms with Crippen LogP contribution in [0.5, 0.6) is 5.75 Å². The number of nitro benzene ring substituents is 1. The molecule has 116 valence electrons. The van der Waals surface area contributed by atoms with E-state index < -0.39 is 10.7 Å².